The number of fused-ring (bicyclic) bond motifs is 2. The van der Waals surface area contributed by atoms with Gasteiger partial charge in [0.2, 0.25) is 0 Å². The molecule has 0 radical (unpaired) electrons. The van der Waals surface area contributed by atoms with Crippen LogP contribution in [0.2, 0.25) is 0 Å². The molecule has 5 nitrogen and oxygen atoms in total. The van der Waals surface area contributed by atoms with Gasteiger partial charge in [0.05, 0.1) is 5.69 Å². The zero-order valence-electron chi connectivity index (χ0n) is 12.7. The molecule has 2 aromatic heterocycles. The molecular formula is C18H15N3O2. The standard InChI is InChI=1S/C18H15N3O2/c1-12-5-4-6-13-8-10-21(16(12)13)18(23)14-11-19-15-7-2-3-9-20(15)17(14)22/h2-7,9,11H,8,10H2,1H3. The summed E-state index contributed by atoms with van der Waals surface area (Å²) in [6, 6.07) is 11.3. The van der Waals surface area contributed by atoms with Crippen molar-refractivity contribution in [1.82, 2.24) is 9.38 Å². The summed E-state index contributed by atoms with van der Waals surface area (Å²) in [6.45, 7) is 2.58. The highest BCUT2D eigenvalue weighted by Crippen LogP contribution is 2.32. The summed E-state index contributed by atoms with van der Waals surface area (Å²) in [7, 11) is 0. The Labute approximate surface area is 132 Å². The molecule has 0 unspecified atom stereocenters. The van der Waals surface area contributed by atoms with E-state index in [1.165, 1.54) is 10.6 Å². The van der Waals surface area contributed by atoms with Crippen molar-refractivity contribution in [2.24, 2.45) is 0 Å². The number of anilines is 1. The highest BCUT2D eigenvalue weighted by molar-refractivity contribution is 6.07. The lowest BCUT2D eigenvalue weighted by Crippen LogP contribution is -2.35. The number of benzene rings is 1. The maximum Gasteiger partial charge on any atom is 0.270 e. The van der Waals surface area contributed by atoms with Crippen LogP contribution in [-0.2, 0) is 6.42 Å². The van der Waals surface area contributed by atoms with E-state index in [0.717, 1.165) is 23.2 Å². The summed E-state index contributed by atoms with van der Waals surface area (Å²) in [4.78, 5) is 31.4. The van der Waals surface area contributed by atoms with Gasteiger partial charge in [-0.2, -0.15) is 0 Å². The lowest BCUT2D eigenvalue weighted by Gasteiger charge is -2.19. The molecule has 0 spiro atoms. The summed E-state index contributed by atoms with van der Waals surface area (Å²) < 4.78 is 1.40. The number of aromatic nitrogens is 2. The first kappa shape index (κ1) is 13.7. The van der Waals surface area contributed by atoms with E-state index in [1.54, 1.807) is 23.2 Å². The second kappa shape index (κ2) is 5.05. The number of nitrogens with zero attached hydrogens (tertiary/aromatic N) is 3. The van der Waals surface area contributed by atoms with E-state index >= 15 is 0 Å². The van der Waals surface area contributed by atoms with Crippen LogP contribution >= 0.6 is 0 Å². The van der Waals surface area contributed by atoms with Gasteiger partial charge in [-0.25, -0.2) is 4.98 Å². The lowest BCUT2D eigenvalue weighted by atomic mass is 10.1. The number of hydrogen-bond acceptors (Lipinski definition) is 3. The van der Waals surface area contributed by atoms with Crippen LogP contribution in [0.15, 0.2) is 53.6 Å². The summed E-state index contributed by atoms with van der Waals surface area (Å²) in [5, 5.41) is 0. The summed E-state index contributed by atoms with van der Waals surface area (Å²) >= 11 is 0. The molecule has 1 amide bonds. The van der Waals surface area contributed by atoms with Crippen molar-refractivity contribution in [3.63, 3.8) is 0 Å². The van der Waals surface area contributed by atoms with E-state index in [-0.39, 0.29) is 17.0 Å². The number of carbonyl (C=O) groups excluding carboxylic acids is 1. The third-order valence-corrected chi connectivity index (χ3v) is 4.29. The van der Waals surface area contributed by atoms with Gasteiger partial charge in [0.1, 0.15) is 11.2 Å². The van der Waals surface area contributed by atoms with E-state index in [1.807, 2.05) is 31.2 Å². The van der Waals surface area contributed by atoms with Crippen LogP contribution < -0.4 is 10.5 Å². The predicted octanol–water partition coefficient (Wildman–Crippen LogP) is 2.21. The quantitative estimate of drug-likeness (QED) is 0.692. The van der Waals surface area contributed by atoms with Crippen molar-refractivity contribution in [2.45, 2.75) is 13.3 Å². The molecule has 0 atom stereocenters. The van der Waals surface area contributed by atoms with Gasteiger partial charge in [-0.3, -0.25) is 14.0 Å². The zero-order chi connectivity index (χ0) is 16.0. The maximum atomic E-state index is 12.9. The molecule has 0 N–H and O–H groups in total. The molecular weight excluding hydrogens is 290 g/mol. The number of para-hydroxylation sites is 1. The van der Waals surface area contributed by atoms with Gasteiger partial charge >= 0.3 is 0 Å². The van der Waals surface area contributed by atoms with Crippen LogP contribution in [0.4, 0.5) is 5.69 Å². The van der Waals surface area contributed by atoms with Gasteiger partial charge in [-0.15, -0.1) is 0 Å². The van der Waals surface area contributed by atoms with Crippen molar-refractivity contribution in [3.8, 4) is 0 Å². The van der Waals surface area contributed by atoms with E-state index < -0.39 is 0 Å². The molecule has 1 aromatic carbocycles. The average Bonchev–Trinajstić information content (AvgIpc) is 3.00. The van der Waals surface area contributed by atoms with Crippen LogP contribution in [0.5, 0.6) is 0 Å². The monoisotopic (exact) mass is 305 g/mol. The minimum absolute atomic E-state index is 0.102. The Kier molecular flexibility index (Phi) is 3.01. The minimum Gasteiger partial charge on any atom is -0.307 e. The van der Waals surface area contributed by atoms with E-state index in [4.69, 9.17) is 0 Å². The van der Waals surface area contributed by atoms with Gasteiger partial charge in [-0.05, 0) is 36.6 Å². The highest BCUT2D eigenvalue weighted by Gasteiger charge is 2.28. The molecule has 1 aliphatic rings. The SMILES string of the molecule is Cc1cccc2c1N(C(=O)c1cnc3ccccn3c1=O)CC2. The van der Waals surface area contributed by atoms with Crippen LogP contribution in [0, 0.1) is 6.92 Å². The molecule has 23 heavy (non-hydrogen) atoms. The smallest absolute Gasteiger partial charge is 0.270 e. The molecule has 0 bridgehead atoms. The average molecular weight is 305 g/mol. The molecule has 114 valence electrons. The Bertz CT molecular complexity index is 991. The van der Waals surface area contributed by atoms with Gasteiger partial charge in [0, 0.05) is 18.9 Å². The summed E-state index contributed by atoms with van der Waals surface area (Å²) in [5.74, 6) is -0.284. The third kappa shape index (κ3) is 2.04. The Morgan fingerprint density at radius 1 is 1.17 bits per heavy atom. The first-order valence-electron chi connectivity index (χ1n) is 7.53. The number of pyridine rings is 1. The van der Waals surface area contributed by atoms with Gasteiger partial charge in [0.25, 0.3) is 11.5 Å². The fourth-order valence-electron chi connectivity index (χ4n) is 3.17. The van der Waals surface area contributed by atoms with Crippen LogP contribution in [0.1, 0.15) is 21.5 Å². The molecule has 0 saturated carbocycles. The number of hydrogen-bond donors (Lipinski definition) is 0. The van der Waals surface area contributed by atoms with E-state index in [2.05, 4.69) is 4.98 Å². The Balaban J connectivity index is 1.83. The number of rotatable bonds is 1. The Morgan fingerprint density at radius 2 is 2.04 bits per heavy atom. The third-order valence-electron chi connectivity index (χ3n) is 4.29. The molecule has 0 fully saturated rings. The lowest BCUT2D eigenvalue weighted by molar-refractivity contribution is 0.0987. The second-order valence-corrected chi connectivity index (χ2v) is 5.70. The molecule has 4 rings (SSSR count). The van der Waals surface area contributed by atoms with Crippen molar-refractivity contribution >= 4 is 17.2 Å². The second-order valence-electron chi connectivity index (χ2n) is 5.70. The first-order valence-corrected chi connectivity index (χ1v) is 7.53. The topological polar surface area (TPSA) is 54.7 Å². The normalized spacial score (nSPS) is 13.3. The Hall–Kier alpha value is -2.95. The van der Waals surface area contributed by atoms with Gasteiger partial charge in [-0.1, -0.05) is 24.3 Å². The molecule has 0 aliphatic carbocycles. The maximum absolute atomic E-state index is 12.9. The molecule has 0 saturated heterocycles. The minimum atomic E-state index is -0.331. The van der Waals surface area contributed by atoms with Gasteiger partial charge < -0.3 is 4.90 Å². The largest absolute Gasteiger partial charge is 0.307 e. The van der Waals surface area contributed by atoms with Crippen molar-refractivity contribution < 1.29 is 4.79 Å². The van der Waals surface area contributed by atoms with Crippen molar-refractivity contribution in [3.05, 3.63) is 75.8 Å². The molecule has 1 aliphatic heterocycles. The predicted molar refractivity (Wildman–Crippen MR) is 88.0 cm³/mol. The number of carbonyl (C=O) groups is 1. The Morgan fingerprint density at radius 3 is 2.91 bits per heavy atom. The van der Waals surface area contributed by atoms with Crippen LogP contribution in [0.3, 0.4) is 0 Å². The van der Waals surface area contributed by atoms with Crippen LogP contribution in [0.25, 0.3) is 5.65 Å². The van der Waals surface area contributed by atoms with Crippen molar-refractivity contribution in [1.29, 1.82) is 0 Å². The molecule has 3 heterocycles. The van der Waals surface area contributed by atoms with E-state index in [9.17, 15) is 9.59 Å². The zero-order valence-corrected chi connectivity index (χ0v) is 12.7. The fourth-order valence-corrected chi connectivity index (χ4v) is 3.17. The van der Waals surface area contributed by atoms with Crippen molar-refractivity contribution in [2.75, 3.05) is 11.4 Å². The highest BCUT2D eigenvalue weighted by atomic mass is 16.2. The number of aryl methyl sites for hydroxylation is 1. The van der Waals surface area contributed by atoms with E-state index in [0.29, 0.717) is 12.2 Å². The molecule has 3 aromatic rings. The summed E-state index contributed by atoms with van der Waals surface area (Å²) in [6.07, 6.45) is 3.83. The fraction of sp³-hybridized carbons (Fsp3) is 0.167. The van der Waals surface area contributed by atoms with Crippen LogP contribution in [-0.4, -0.2) is 21.8 Å². The number of amides is 1. The van der Waals surface area contributed by atoms with Gasteiger partial charge in [0.15, 0.2) is 0 Å². The molecule has 5 heteroatoms. The summed E-state index contributed by atoms with van der Waals surface area (Å²) in [5.41, 5.74) is 3.42. The first-order chi connectivity index (χ1) is 11.2.